The summed E-state index contributed by atoms with van der Waals surface area (Å²) in [4.78, 5) is 2.34. The summed E-state index contributed by atoms with van der Waals surface area (Å²) in [6, 6.07) is 30.7. The van der Waals surface area contributed by atoms with Crippen LogP contribution in [-0.2, 0) is 0 Å². The van der Waals surface area contributed by atoms with Crippen molar-refractivity contribution in [3.63, 3.8) is 0 Å². The number of aryl methyl sites for hydroxylation is 5. The molecule has 0 aromatic heterocycles. The molecule has 0 heterocycles. The van der Waals surface area contributed by atoms with Crippen LogP contribution >= 0.6 is 0 Å². The Morgan fingerprint density at radius 1 is 0.433 bits per heavy atom. The fourth-order valence-corrected chi connectivity index (χ4v) is 4.20. The average Bonchev–Trinajstić information content (AvgIpc) is 2.73. The lowest BCUT2D eigenvalue weighted by atomic mass is 9.92. The first-order chi connectivity index (χ1) is 14.5. The summed E-state index contributed by atoms with van der Waals surface area (Å²) in [6.07, 6.45) is 0. The Kier molecular flexibility index (Phi) is 5.46. The van der Waals surface area contributed by atoms with E-state index in [1.807, 2.05) is 0 Å². The van der Waals surface area contributed by atoms with Crippen molar-refractivity contribution in [3.8, 4) is 11.1 Å². The molecule has 0 spiro atoms. The van der Waals surface area contributed by atoms with Crippen molar-refractivity contribution in [2.45, 2.75) is 34.6 Å². The number of hydrogen-bond acceptors (Lipinski definition) is 1. The minimum atomic E-state index is 1.17. The molecule has 30 heavy (non-hydrogen) atoms. The van der Waals surface area contributed by atoms with Crippen LogP contribution in [0.3, 0.4) is 0 Å². The zero-order valence-corrected chi connectivity index (χ0v) is 18.5. The summed E-state index contributed by atoms with van der Waals surface area (Å²) in [5.74, 6) is 0. The first-order valence-electron chi connectivity index (χ1n) is 10.6. The maximum Gasteiger partial charge on any atom is 0.0464 e. The molecule has 0 saturated carbocycles. The number of para-hydroxylation sites is 1. The largest absolute Gasteiger partial charge is 0.310 e. The molecule has 150 valence electrons. The van der Waals surface area contributed by atoms with Crippen molar-refractivity contribution in [1.29, 1.82) is 0 Å². The van der Waals surface area contributed by atoms with Gasteiger partial charge in [0.15, 0.2) is 0 Å². The minimum Gasteiger partial charge on any atom is -0.310 e. The third-order valence-electron chi connectivity index (χ3n) is 5.98. The van der Waals surface area contributed by atoms with Gasteiger partial charge in [-0.05, 0) is 110 Å². The average molecular weight is 392 g/mol. The van der Waals surface area contributed by atoms with Gasteiger partial charge in [0.25, 0.3) is 0 Å². The SMILES string of the molecule is Cc1ccc(N(c2ccccc2)c2ccc(-c3c(C)cccc3C)c(C)c2)cc1C. The maximum atomic E-state index is 2.34. The first kappa shape index (κ1) is 20.0. The van der Waals surface area contributed by atoms with Crippen molar-refractivity contribution in [2.75, 3.05) is 4.90 Å². The zero-order chi connectivity index (χ0) is 21.3. The Balaban J connectivity index is 1.86. The van der Waals surface area contributed by atoms with Crippen LogP contribution in [0.15, 0.2) is 84.9 Å². The summed E-state index contributed by atoms with van der Waals surface area (Å²) < 4.78 is 0. The second-order valence-corrected chi connectivity index (χ2v) is 8.21. The van der Waals surface area contributed by atoms with Gasteiger partial charge in [-0.1, -0.05) is 48.5 Å². The highest BCUT2D eigenvalue weighted by atomic mass is 15.1. The lowest BCUT2D eigenvalue weighted by Crippen LogP contribution is -2.10. The molecule has 0 atom stereocenters. The quantitative estimate of drug-likeness (QED) is 0.338. The molecule has 0 fully saturated rings. The van der Waals surface area contributed by atoms with E-state index in [-0.39, 0.29) is 0 Å². The van der Waals surface area contributed by atoms with Crippen LogP contribution in [0.25, 0.3) is 11.1 Å². The van der Waals surface area contributed by atoms with Crippen LogP contribution in [0.2, 0.25) is 0 Å². The van der Waals surface area contributed by atoms with Crippen molar-refractivity contribution in [1.82, 2.24) is 0 Å². The number of hydrogen-bond donors (Lipinski definition) is 0. The van der Waals surface area contributed by atoms with Gasteiger partial charge < -0.3 is 4.90 Å². The van der Waals surface area contributed by atoms with E-state index in [1.165, 1.54) is 56.0 Å². The molecular formula is C29H29N. The summed E-state index contributed by atoms with van der Waals surface area (Å²) in [5.41, 5.74) is 12.7. The van der Waals surface area contributed by atoms with Crippen LogP contribution in [0.4, 0.5) is 17.1 Å². The van der Waals surface area contributed by atoms with E-state index >= 15 is 0 Å². The second kappa shape index (κ2) is 8.20. The molecule has 0 unspecified atom stereocenters. The van der Waals surface area contributed by atoms with Gasteiger partial charge in [0.1, 0.15) is 0 Å². The van der Waals surface area contributed by atoms with E-state index < -0.39 is 0 Å². The van der Waals surface area contributed by atoms with Crippen molar-refractivity contribution < 1.29 is 0 Å². The molecule has 0 N–H and O–H groups in total. The van der Waals surface area contributed by atoms with Gasteiger partial charge in [0, 0.05) is 17.1 Å². The Morgan fingerprint density at radius 3 is 1.63 bits per heavy atom. The van der Waals surface area contributed by atoms with Gasteiger partial charge in [0.2, 0.25) is 0 Å². The van der Waals surface area contributed by atoms with Crippen LogP contribution in [0.5, 0.6) is 0 Å². The van der Waals surface area contributed by atoms with E-state index in [1.54, 1.807) is 0 Å². The highest BCUT2D eigenvalue weighted by Gasteiger charge is 2.15. The van der Waals surface area contributed by atoms with E-state index in [9.17, 15) is 0 Å². The summed E-state index contributed by atoms with van der Waals surface area (Å²) in [6.45, 7) is 10.9. The molecule has 0 radical (unpaired) electrons. The monoisotopic (exact) mass is 391 g/mol. The molecule has 4 aromatic carbocycles. The van der Waals surface area contributed by atoms with Crippen molar-refractivity contribution in [2.24, 2.45) is 0 Å². The van der Waals surface area contributed by atoms with E-state index in [0.29, 0.717) is 0 Å². The van der Waals surface area contributed by atoms with Crippen molar-refractivity contribution in [3.05, 3.63) is 113 Å². The highest BCUT2D eigenvalue weighted by molar-refractivity contribution is 5.81. The summed E-state index contributed by atoms with van der Waals surface area (Å²) in [7, 11) is 0. The van der Waals surface area contributed by atoms with Crippen molar-refractivity contribution >= 4 is 17.1 Å². The van der Waals surface area contributed by atoms with Crippen LogP contribution in [0, 0.1) is 34.6 Å². The number of benzene rings is 4. The van der Waals surface area contributed by atoms with E-state index in [4.69, 9.17) is 0 Å². The number of rotatable bonds is 4. The Hall–Kier alpha value is -3.32. The summed E-state index contributed by atoms with van der Waals surface area (Å²) in [5, 5.41) is 0. The molecule has 0 bridgehead atoms. The third kappa shape index (κ3) is 3.76. The molecular weight excluding hydrogens is 362 g/mol. The number of anilines is 3. The topological polar surface area (TPSA) is 3.24 Å². The summed E-state index contributed by atoms with van der Waals surface area (Å²) >= 11 is 0. The normalized spacial score (nSPS) is 10.8. The van der Waals surface area contributed by atoms with Gasteiger partial charge in [-0.25, -0.2) is 0 Å². The molecule has 1 heteroatoms. The van der Waals surface area contributed by atoms with E-state index in [0.717, 1.165) is 0 Å². The molecule has 4 rings (SSSR count). The van der Waals surface area contributed by atoms with Crippen LogP contribution in [0.1, 0.15) is 27.8 Å². The van der Waals surface area contributed by atoms with Gasteiger partial charge in [-0.2, -0.15) is 0 Å². The third-order valence-corrected chi connectivity index (χ3v) is 5.98. The molecule has 1 nitrogen and oxygen atoms in total. The van der Waals surface area contributed by atoms with Gasteiger partial charge in [0.05, 0.1) is 0 Å². The van der Waals surface area contributed by atoms with E-state index in [2.05, 4.69) is 124 Å². The highest BCUT2D eigenvalue weighted by Crippen LogP contribution is 2.38. The van der Waals surface area contributed by atoms with Crippen LogP contribution in [-0.4, -0.2) is 0 Å². The van der Waals surface area contributed by atoms with Gasteiger partial charge in [-0.15, -0.1) is 0 Å². The molecule has 0 saturated heterocycles. The molecule has 0 aliphatic rings. The fourth-order valence-electron chi connectivity index (χ4n) is 4.20. The molecule has 4 aromatic rings. The second-order valence-electron chi connectivity index (χ2n) is 8.21. The predicted octanol–water partition coefficient (Wildman–Crippen LogP) is 8.37. The fraction of sp³-hybridized carbons (Fsp3) is 0.172. The maximum absolute atomic E-state index is 2.34. The lowest BCUT2D eigenvalue weighted by molar-refractivity contribution is 1.24. The minimum absolute atomic E-state index is 1.17. The Bertz CT molecular complexity index is 1170. The molecule has 0 amide bonds. The Labute approximate surface area is 180 Å². The lowest BCUT2D eigenvalue weighted by Gasteiger charge is -2.27. The zero-order valence-electron chi connectivity index (χ0n) is 18.5. The number of nitrogens with zero attached hydrogens (tertiary/aromatic N) is 1. The van der Waals surface area contributed by atoms with Gasteiger partial charge in [-0.3, -0.25) is 0 Å². The first-order valence-corrected chi connectivity index (χ1v) is 10.6. The molecule has 0 aliphatic carbocycles. The molecule has 0 aliphatic heterocycles. The Morgan fingerprint density at radius 2 is 1.03 bits per heavy atom. The van der Waals surface area contributed by atoms with Crippen LogP contribution < -0.4 is 4.90 Å². The predicted molar refractivity (Wildman–Crippen MR) is 130 cm³/mol. The standard InChI is InChI=1S/C29H29N/c1-20-14-15-26(18-23(20)4)30(25-12-7-6-8-13-25)27-16-17-28(24(5)19-27)29-21(2)10-9-11-22(29)3/h6-19H,1-5H3. The smallest absolute Gasteiger partial charge is 0.0464 e. The van der Waals surface area contributed by atoms with Gasteiger partial charge >= 0.3 is 0 Å².